The Kier molecular flexibility index (Phi) is 5.09. The third kappa shape index (κ3) is 2.99. The zero-order valence-corrected chi connectivity index (χ0v) is 13.6. The summed E-state index contributed by atoms with van der Waals surface area (Å²) in [6, 6.07) is 11.1. The highest BCUT2D eigenvalue weighted by Crippen LogP contribution is 2.25. The molecule has 0 spiro atoms. The van der Waals surface area contributed by atoms with Gasteiger partial charge in [-0.3, -0.25) is 0 Å². The maximum absolute atomic E-state index is 12.6. The van der Waals surface area contributed by atoms with Gasteiger partial charge in [-0.1, -0.05) is 43.6 Å². The van der Waals surface area contributed by atoms with E-state index in [4.69, 9.17) is 11.6 Å². The highest BCUT2D eigenvalue weighted by atomic mass is 35.5. The molecule has 1 unspecified atom stereocenters. The standard InChI is InChI=1S/C13H10ClN3OS.C2H6/c1-9-7-11-12(14)15-8-16-13(11)17(9)19(18)10-5-3-2-4-6-10;1-2/h2-8H,1H3;1-2H3. The lowest BCUT2D eigenvalue weighted by Crippen LogP contribution is -2.07. The first-order valence-electron chi connectivity index (χ1n) is 6.64. The van der Waals surface area contributed by atoms with E-state index in [-0.39, 0.29) is 0 Å². The molecule has 110 valence electrons. The molecule has 0 aliphatic carbocycles. The molecule has 1 atom stereocenters. The van der Waals surface area contributed by atoms with Gasteiger partial charge in [0.2, 0.25) is 0 Å². The van der Waals surface area contributed by atoms with Crippen molar-refractivity contribution in [3.8, 4) is 0 Å². The molecular formula is C15H16ClN3OS. The van der Waals surface area contributed by atoms with Crippen LogP contribution in [-0.4, -0.2) is 18.1 Å². The second-order valence-corrected chi connectivity index (χ2v) is 5.74. The van der Waals surface area contributed by atoms with Crippen molar-refractivity contribution in [2.45, 2.75) is 25.7 Å². The molecule has 0 saturated heterocycles. The van der Waals surface area contributed by atoms with Gasteiger partial charge in [0, 0.05) is 5.69 Å². The molecule has 0 fully saturated rings. The van der Waals surface area contributed by atoms with E-state index in [1.54, 1.807) is 3.97 Å². The third-order valence-corrected chi connectivity index (χ3v) is 4.56. The summed E-state index contributed by atoms with van der Waals surface area (Å²) in [5.74, 6) is 0. The lowest BCUT2D eigenvalue weighted by Gasteiger charge is -2.06. The molecule has 3 aromatic rings. The predicted octanol–water partition coefficient (Wildman–Crippen LogP) is 3.99. The molecular weight excluding hydrogens is 306 g/mol. The van der Waals surface area contributed by atoms with Gasteiger partial charge in [-0.2, -0.15) is 0 Å². The van der Waals surface area contributed by atoms with Crippen LogP contribution in [0.1, 0.15) is 19.5 Å². The molecule has 1 aromatic carbocycles. The maximum Gasteiger partial charge on any atom is 0.158 e. The van der Waals surface area contributed by atoms with Crippen LogP contribution in [0.15, 0.2) is 47.6 Å². The second-order valence-electron chi connectivity index (χ2n) is 4.04. The minimum Gasteiger partial charge on any atom is -0.243 e. The Morgan fingerprint density at radius 3 is 2.48 bits per heavy atom. The second kappa shape index (κ2) is 6.83. The Labute approximate surface area is 131 Å². The van der Waals surface area contributed by atoms with E-state index < -0.39 is 11.0 Å². The summed E-state index contributed by atoms with van der Waals surface area (Å²) in [5.41, 5.74) is 1.42. The number of halogens is 1. The fourth-order valence-electron chi connectivity index (χ4n) is 1.94. The number of hydrogen-bond donors (Lipinski definition) is 0. The summed E-state index contributed by atoms with van der Waals surface area (Å²) < 4.78 is 14.3. The first kappa shape index (κ1) is 15.7. The van der Waals surface area contributed by atoms with Crippen LogP contribution in [0.5, 0.6) is 0 Å². The van der Waals surface area contributed by atoms with Crippen molar-refractivity contribution in [3.05, 3.63) is 53.6 Å². The van der Waals surface area contributed by atoms with Crippen LogP contribution in [-0.2, 0) is 11.0 Å². The summed E-state index contributed by atoms with van der Waals surface area (Å²) in [6.45, 7) is 5.87. The smallest absolute Gasteiger partial charge is 0.158 e. The monoisotopic (exact) mass is 321 g/mol. The third-order valence-electron chi connectivity index (χ3n) is 2.79. The first-order valence-corrected chi connectivity index (χ1v) is 8.13. The summed E-state index contributed by atoms with van der Waals surface area (Å²) in [4.78, 5) is 8.84. The molecule has 0 aliphatic rings. The van der Waals surface area contributed by atoms with Gasteiger partial charge >= 0.3 is 0 Å². The Hall–Kier alpha value is -1.72. The molecule has 3 rings (SSSR count). The fraction of sp³-hybridized carbons (Fsp3) is 0.200. The fourth-order valence-corrected chi connectivity index (χ4v) is 3.34. The van der Waals surface area contributed by atoms with Crippen molar-refractivity contribution in [2.24, 2.45) is 0 Å². The zero-order chi connectivity index (χ0) is 15.4. The van der Waals surface area contributed by atoms with Crippen LogP contribution >= 0.6 is 11.6 Å². The van der Waals surface area contributed by atoms with E-state index in [0.717, 1.165) is 10.6 Å². The van der Waals surface area contributed by atoms with Crippen LogP contribution in [0, 0.1) is 6.92 Å². The molecule has 0 saturated carbocycles. The molecule has 4 nitrogen and oxygen atoms in total. The highest BCUT2D eigenvalue weighted by molar-refractivity contribution is 7.83. The number of aryl methyl sites for hydroxylation is 1. The minimum atomic E-state index is -1.34. The molecule has 0 amide bonds. The van der Waals surface area contributed by atoms with E-state index in [2.05, 4.69) is 9.97 Å². The number of aromatic nitrogens is 3. The van der Waals surface area contributed by atoms with Crippen LogP contribution in [0.2, 0.25) is 5.15 Å². The van der Waals surface area contributed by atoms with Gasteiger partial charge < -0.3 is 0 Å². The minimum absolute atomic E-state index is 0.372. The number of benzene rings is 1. The zero-order valence-electron chi connectivity index (χ0n) is 12.1. The van der Waals surface area contributed by atoms with E-state index in [1.807, 2.05) is 57.2 Å². The number of rotatable bonds is 2. The van der Waals surface area contributed by atoms with E-state index >= 15 is 0 Å². The Morgan fingerprint density at radius 2 is 1.81 bits per heavy atom. The van der Waals surface area contributed by atoms with Gasteiger partial charge in [0.25, 0.3) is 0 Å². The quantitative estimate of drug-likeness (QED) is 0.670. The summed E-state index contributed by atoms with van der Waals surface area (Å²) in [6.07, 6.45) is 1.38. The normalized spacial score (nSPS) is 11.8. The summed E-state index contributed by atoms with van der Waals surface area (Å²) in [7, 11) is -1.34. The Bertz CT molecular complexity index is 771. The predicted molar refractivity (Wildman–Crippen MR) is 86.9 cm³/mol. The average molecular weight is 322 g/mol. The lowest BCUT2D eigenvalue weighted by molar-refractivity contribution is 0.677. The first-order chi connectivity index (χ1) is 10.2. The molecule has 0 radical (unpaired) electrons. The molecule has 0 N–H and O–H groups in total. The van der Waals surface area contributed by atoms with Gasteiger partial charge in [-0.05, 0) is 25.1 Å². The van der Waals surface area contributed by atoms with Gasteiger partial charge in [0.1, 0.15) is 11.5 Å². The largest absolute Gasteiger partial charge is 0.243 e. The van der Waals surface area contributed by atoms with Crippen molar-refractivity contribution < 1.29 is 4.21 Å². The number of hydrogen-bond acceptors (Lipinski definition) is 3. The molecule has 2 aromatic heterocycles. The van der Waals surface area contributed by atoms with Gasteiger partial charge in [0.05, 0.1) is 10.3 Å². The van der Waals surface area contributed by atoms with E-state index in [1.165, 1.54) is 6.33 Å². The molecule has 6 heteroatoms. The van der Waals surface area contributed by atoms with Crippen LogP contribution < -0.4 is 0 Å². The van der Waals surface area contributed by atoms with Gasteiger partial charge in [-0.15, -0.1) is 0 Å². The van der Waals surface area contributed by atoms with Crippen molar-refractivity contribution >= 4 is 33.6 Å². The van der Waals surface area contributed by atoms with Crippen LogP contribution in [0.4, 0.5) is 0 Å². The number of fused-ring (bicyclic) bond motifs is 1. The van der Waals surface area contributed by atoms with E-state index in [0.29, 0.717) is 16.2 Å². The van der Waals surface area contributed by atoms with Crippen LogP contribution in [0.25, 0.3) is 11.0 Å². The molecule has 21 heavy (non-hydrogen) atoms. The van der Waals surface area contributed by atoms with E-state index in [9.17, 15) is 4.21 Å². The average Bonchev–Trinajstić information content (AvgIpc) is 2.87. The van der Waals surface area contributed by atoms with Crippen molar-refractivity contribution in [3.63, 3.8) is 0 Å². The lowest BCUT2D eigenvalue weighted by atomic mass is 10.4. The van der Waals surface area contributed by atoms with Crippen molar-refractivity contribution in [2.75, 3.05) is 0 Å². The SMILES string of the molecule is CC.Cc1cc2c(Cl)ncnc2n1S(=O)c1ccccc1. The molecule has 0 bridgehead atoms. The van der Waals surface area contributed by atoms with Crippen molar-refractivity contribution in [1.29, 1.82) is 0 Å². The van der Waals surface area contributed by atoms with Gasteiger partial charge in [0.15, 0.2) is 16.6 Å². The van der Waals surface area contributed by atoms with Gasteiger partial charge in [-0.25, -0.2) is 18.1 Å². The summed E-state index contributed by atoms with van der Waals surface area (Å²) in [5, 5.41) is 1.09. The van der Waals surface area contributed by atoms with Crippen molar-refractivity contribution in [1.82, 2.24) is 13.9 Å². The Balaban J connectivity index is 0.000000774. The molecule has 0 aliphatic heterocycles. The Morgan fingerprint density at radius 1 is 1.14 bits per heavy atom. The number of nitrogens with zero attached hydrogens (tertiary/aromatic N) is 3. The topological polar surface area (TPSA) is 47.8 Å². The maximum atomic E-state index is 12.6. The van der Waals surface area contributed by atoms with Crippen LogP contribution in [0.3, 0.4) is 0 Å². The summed E-state index contributed by atoms with van der Waals surface area (Å²) >= 11 is 6.03. The molecule has 2 heterocycles. The highest BCUT2D eigenvalue weighted by Gasteiger charge is 2.16.